The van der Waals surface area contributed by atoms with E-state index in [0.29, 0.717) is 18.7 Å². The summed E-state index contributed by atoms with van der Waals surface area (Å²) in [4.78, 5) is 23.7. The highest BCUT2D eigenvalue weighted by molar-refractivity contribution is 6.02. The molecule has 1 aliphatic carbocycles. The largest absolute Gasteiger partial charge is 0.385 e. The van der Waals surface area contributed by atoms with Gasteiger partial charge in [-0.05, 0) is 31.3 Å². The summed E-state index contributed by atoms with van der Waals surface area (Å²) < 4.78 is 4.92. The van der Waals surface area contributed by atoms with Crippen LogP contribution in [-0.2, 0) is 14.3 Å². The van der Waals surface area contributed by atoms with Gasteiger partial charge >= 0.3 is 0 Å². The van der Waals surface area contributed by atoms with Crippen molar-refractivity contribution in [3.63, 3.8) is 0 Å². The predicted octanol–water partition coefficient (Wildman–Crippen LogP) is 0.898. The number of rotatable bonds is 6. The molecule has 1 aliphatic heterocycles. The lowest BCUT2D eigenvalue weighted by Gasteiger charge is -2.20. The first kappa shape index (κ1) is 14.1. The summed E-state index contributed by atoms with van der Waals surface area (Å²) in [6.45, 7) is 1.23. The highest BCUT2D eigenvalue weighted by atomic mass is 16.5. The number of hydrogen-bond donors (Lipinski definition) is 2. The number of ether oxygens (including phenoxy) is 1. The maximum Gasteiger partial charge on any atom is 0.248 e. The van der Waals surface area contributed by atoms with Crippen LogP contribution >= 0.6 is 0 Å². The molecule has 1 saturated carbocycles. The Morgan fingerprint density at radius 3 is 3.11 bits per heavy atom. The summed E-state index contributed by atoms with van der Waals surface area (Å²) in [5, 5.41) is 5.80. The van der Waals surface area contributed by atoms with Crippen molar-refractivity contribution in [3.8, 4) is 0 Å². The van der Waals surface area contributed by atoms with E-state index in [0.717, 1.165) is 32.1 Å². The SMILES string of the molecule is COCCCNC(=O)CC1=C2CCCCC2NC1=O. The number of methoxy groups -OCH3 is 1. The number of nitrogens with one attached hydrogen (secondary N) is 2. The van der Waals surface area contributed by atoms with E-state index in [1.54, 1.807) is 7.11 Å². The van der Waals surface area contributed by atoms with E-state index >= 15 is 0 Å². The summed E-state index contributed by atoms with van der Waals surface area (Å²) in [5.41, 5.74) is 1.87. The molecule has 0 aromatic rings. The van der Waals surface area contributed by atoms with Gasteiger partial charge in [0.2, 0.25) is 11.8 Å². The number of amides is 2. The summed E-state index contributed by atoms with van der Waals surface area (Å²) in [5.74, 6) is -0.117. The summed E-state index contributed by atoms with van der Waals surface area (Å²) in [6, 6.07) is 0.192. The Balaban J connectivity index is 1.86. The van der Waals surface area contributed by atoms with Crippen LogP contribution in [-0.4, -0.2) is 38.1 Å². The van der Waals surface area contributed by atoms with Crippen molar-refractivity contribution in [3.05, 3.63) is 11.1 Å². The smallest absolute Gasteiger partial charge is 0.248 e. The molecule has 0 radical (unpaired) electrons. The van der Waals surface area contributed by atoms with Gasteiger partial charge in [0.1, 0.15) is 0 Å². The van der Waals surface area contributed by atoms with Crippen molar-refractivity contribution >= 4 is 11.8 Å². The molecule has 1 heterocycles. The molecule has 2 amide bonds. The van der Waals surface area contributed by atoms with E-state index in [1.165, 1.54) is 5.57 Å². The molecule has 5 nitrogen and oxygen atoms in total. The second kappa shape index (κ2) is 6.70. The number of carbonyl (C=O) groups is 2. The Bertz CT molecular complexity index is 390. The number of fused-ring (bicyclic) bond motifs is 1. The lowest BCUT2D eigenvalue weighted by Crippen LogP contribution is -2.30. The first-order valence-corrected chi connectivity index (χ1v) is 7.00. The van der Waals surface area contributed by atoms with Gasteiger partial charge in [0, 0.05) is 25.8 Å². The van der Waals surface area contributed by atoms with Crippen molar-refractivity contribution < 1.29 is 14.3 Å². The summed E-state index contributed by atoms with van der Waals surface area (Å²) >= 11 is 0. The molecule has 2 aliphatic rings. The van der Waals surface area contributed by atoms with Crippen LogP contribution in [0.3, 0.4) is 0 Å². The topological polar surface area (TPSA) is 67.4 Å². The first-order chi connectivity index (χ1) is 9.22. The van der Waals surface area contributed by atoms with Crippen LogP contribution in [0, 0.1) is 0 Å². The third kappa shape index (κ3) is 3.56. The Morgan fingerprint density at radius 2 is 2.32 bits per heavy atom. The van der Waals surface area contributed by atoms with Gasteiger partial charge in [-0.25, -0.2) is 0 Å². The first-order valence-electron chi connectivity index (χ1n) is 7.00. The molecule has 0 bridgehead atoms. The van der Waals surface area contributed by atoms with Crippen molar-refractivity contribution in [1.82, 2.24) is 10.6 Å². The molecule has 2 rings (SSSR count). The van der Waals surface area contributed by atoms with Gasteiger partial charge in [0.25, 0.3) is 0 Å². The van der Waals surface area contributed by atoms with Crippen LogP contribution in [0.2, 0.25) is 0 Å². The molecule has 2 N–H and O–H groups in total. The average molecular weight is 266 g/mol. The Labute approximate surface area is 113 Å². The van der Waals surface area contributed by atoms with E-state index < -0.39 is 0 Å². The standard InChI is InChI=1S/C14H22N2O3/c1-19-8-4-7-15-13(17)9-11-10-5-2-3-6-12(10)16-14(11)18/h12H,2-9H2,1H3,(H,15,17)(H,16,18). The van der Waals surface area contributed by atoms with Crippen molar-refractivity contribution in [1.29, 1.82) is 0 Å². The van der Waals surface area contributed by atoms with Gasteiger partial charge in [0.15, 0.2) is 0 Å². The van der Waals surface area contributed by atoms with Crippen LogP contribution < -0.4 is 10.6 Å². The quantitative estimate of drug-likeness (QED) is 0.702. The minimum atomic E-state index is -0.0695. The maximum atomic E-state index is 11.9. The zero-order valence-corrected chi connectivity index (χ0v) is 11.5. The zero-order chi connectivity index (χ0) is 13.7. The van der Waals surface area contributed by atoms with Crippen molar-refractivity contribution in [2.45, 2.75) is 44.6 Å². The molecule has 19 heavy (non-hydrogen) atoms. The minimum absolute atomic E-state index is 0.0473. The van der Waals surface area contributed by atoms with E-state index in [9.17, 15) is 9.59 Å². The second-order valence-corrected chi connectivity index (χ2v) is 5.15. The van der Waals surface area contributed by atoms with Gasteiger partial charge in [-0.15, -0.1) is 0 Å². The summed E-state index contributed by atoms with van der Waals surface area (Å²) in [7, 11) is 1.64. The fourth-order valence-electron chi connectivity index (χ4n) is 2.79. The molecule has 106 valence electrons. The highest BCUT2D eigenvalue weighted by Gasteiger charge is 2.33. The monoisotopic (exact) mass is 266 g/mol. The van der Waals surface area contributed by atoms with E-state index in [4.69, 9.17) is 4.74 Å². The molecule has 0 aromatic carbocycles. The van der Waals surface area contributed by atoms with Crippen LogP contribution in [0.4, 0.5) is 0 Å². The van der Waals surface area contributed by atoms with Gasteiger partial charge in [-0.2, -0.15) is 0 Å². The fourth-order valence-corrected chi connectivity index (χ4v) is 2.79. The molecule has 1 fully saturated rings. The van der Waals surface area contributed by atoms with Gasteiger partial charge in [-0.1, -0.05) is 6.42 Å². The fraction of sp³-hybridized carbons (Fsp3) is 0.714. The van der Waals surface area contributed by atoms with Crippen molar-refractivity contribution in [2.75, 3.05) is 20.3 Å². The van der Waals surface area contributed by atoms with Crippen LogP contribution in [0.1, 0.15) is 38.5 Å². The molecule has 0 aromatic heterocycles. The van der Waals surface area contributed by atoms with E-state index in [1.807, 2.05) is 0 Å². The Hall–Kier alpha value is -1.36. The summed E-state index contributed by atoms with van der Waals surface area (Å²) in [6.07, 6.45) is 5.26. The normalized spacial score (nSPS) is 22.2. The molecule has 0 spiro atoms. The lowest BCUT2D eigenvalue weighted by atomic mass is 9.88. The van der Waals surface area contributed by atoms with E-state index in [2.05, 4.69) is 10.6 Å². The van der Waals surface area contributed by atoms with Crippen LogP contribution in [0.15, 0.2) is 11.1 Å². The van der Waals surface area contributed by atoms with Crippen molar-refractivity contribution in [2.24, 2.45) is 0 Å². The highest BCUT2D eigenvalue weighted by Crippen LogP contribution is 2.32. The number of hydrogen-bond acceptors (Lipinski definition) is 3. The molecule has 5 heteroatoms. The second-order valence-electron chi connectivity index (χ2n) is 5.15. The third-order valence-corrected chi connectivity index (χ3v) is 3.76. The maximum absolute atomic E-state index is 11.9. The zero-order valence-electron chi connectivity index (χ0n) is 11.5. The van der Waals surface area contributed by atoms with Gasteiger partial charge in [0.05, 0.1) is 12.5 Å². The molecular weight excluding hydrogens is 244 g/mol. The molecule has 0 saturated heterocycles. The van der Waals surface area contributed by atoms with Gasteiger partial charge < -0.3 is 15.4 Å². The van der Waals surface area contributed by atoms with Gasteiger partial charge in [-0.3, -0.25) is 9.59 Å². The minimum Gasteiger partial charge on any atom is -0.385 e. The lowest BCUT2D eigenvalue weighted by molar-refractivity contribution is -0.123. The van der Waals surface area contributed by atoms with E-state index in [-0.39, 0.29) is 24.3 Å². The van der Waals surface area contributed by atoms with Crippen LogP contribution in [0.5, 0.6) is 0 Å². The van der Waals surface area contributed by atoms with Crippen LogP contribution in [0.25, 0.3) is 0 Å². The Kier molecular flexibility index (Phi) is 4.96. The predicted molar refractivity (Wildman–Crippen MR) is 71.5 cm³/mol. The Morgan fingerprint density at radius 1 is 1.47 bits per heavy atom. The molecule has 1 atom stereocenters. The average Bonchev–Trinajstić information content (AvgIpc) is 2.72. The number of carbonyl (C=O) groups excluding carboxylic acids is 2. The molecular formula is C14H22N2O3. The molecule has 1 unspecified atom stereocenters. The third-order valence-electron chi connectivity index (χ3n) is 3.76.